The van der Waals surface area contributed by atoms with Crippen LogP contribution < -0.4 is 5.56 Å². The Morgan fingerprint density at radius 3 is 2.76 bits per heavy atom. The lowest BCUT2D eigenvalue weighted by Gasteiger charge is -2.14. The number of benzene rings is 1. The van der Waals surface area contributed by atoms with Crippen LogP contribution in [0.3, 0.4) is 0 Å². The summed E-state index contributed by atoms with van der Waals surface area (Å²) in [4.78, 5) is 17.1. The standard InChI is InChI=1S/C16H16N2OS2/c1-3-18-15(19)14-13(9-10-20-14)17-16(18)21-11(2)12-7-5-4-6-8-12/h4-11H,3H2,1-2H3. The number of hydrogen-bond donors (Lipinski definition) is 0. The first-order valence-corrected chi connectivity index (χ1v) is 8.66. The SMILES string of the molecule is CCn1c(SC(C)c2ccccc2)nc2ccsc2c1=O. The van der Waals surface area contributed by atoms with Crippen LogP contribution in [0.25, 0.3) is 10.2 Å². The lowest BCUT2D eigenvalue weighted by Crippen LogP contribution is -2.21. The highest BCUT2D eigenvalue weighted by Gasteiger charge is 2.15. The molecule has 1 atom stereocenters. The third-order valence-electron chi connectivity index (χ3n) is 3.40. The molecule has 108 valence electrons. The maximum atomic E-state index is 12.5. The molecule has 0 saturated heterocycles. The van der Waals surface area contributed by atoms with Crippen molar-refractivity contribution in [2.24, 2.45) is 0 Å². The Hall–Kier alpha value is -1.59. The maximum absolute atomic E-state index is 12.5. The minimum Gasteiger partial charge on any atom is -0.287 e. The Balaban J connectivity index is 2.02. The molecule has 0 aliphatic carbocycles. The van der Waals surface area contributed by atoms with E-state index in [0.717, 1.165) is 15.4 Å². The van der Waals surface area contributed by atoms with E-state index in [4.69, 9.17) is 0 Å². The van der Waals surface area contributed by atoms with E-state index < -0.39 is 0 Å². The van der Waals surface area contributed by atoms with E-state index in [9.17, 15) is 4.79 Å². The molecule has 0 fully saturated rings. The van der Waals surface area contributed by atoms with Gasteiger partial charge < -0.3 is 0 Å². The van der Waals surface area contributed by atoms with Crippen LogP contribution in [0.15, 0.2) is 51.7 Å². The van der Waals surface area contributed by atoms with Crippen molar-refractivity contribution < 1.29 is 0 Å². The fourth-order valence-corrected chi connectivity index (χ4v) is 4.12. The van der Waals surface area contributed by atoms with Gasteiger partial charge in [0.2, 0.25) is 0 Å². The molecule has 0 amide bonds. The zero-order chi connectivity index (χ0) is 14.8. The predicted octanol–water partition coefficient (Wildman–Crippen LogP) is 4.33. The molecule has 1 unspecified atom stereocenters. The summed E-state index contributed by atoms with van der Waals surface area (Å²) >= 11 is 3.10. The second-order valence-corrected chi connectivity index (χ2v) is 6.97. The van der Waals surface area contributed by atoms with Crippen molar-refractivity contribution in [3.63, 3.8) is 0 Å². The minimum absolute atomic E-state index is 0.0697. The average Bonchev–Trinajstić information content (AvgIpc) is 2.97. The van der Waals surface area contributed by atoms with E-state index in [1.807, 2.05) is 36.6 Å². The molecule has 2 heterocycles. The fourth-order valence-electron chi connectivity index (χ4n) is 2.24. The van der Waals surface area contributed by atoms with Gasteiger partial charge in [-0.1, -0.05) is 42.1 Å². The highest BCUT2D eigenvalue weighted by molar-refractivity contribution is 7.99. The summed E-state index contributed by atoms with van der Waals surface area (Å²) in [5.74, 6) is 0. The van der Waals surface area contributed by atoms with Crippen molar-refractivity contribution in [1.82, 2.24) is 9.55 Å². The average molecular weight is 316 g/mol. The van der Waals surface area contributed by atoms with E-state index in [0.29, 0.717) is 6.54 Å². The van der Waals surface area contributed by atoms with Crippen LogP contribution in [0.1, 0.15) is 24.7 Å². The zero-order valence-electron chi connectivity index (χ0n) is 11.9. The highest BCUT2D eigenvalue weighted by atomic mass is 32.2. The largest absolute Gasteiger partial charge is 0.287 e. The summed E-state index contributed by atoms with van der Waals surface area (Å²) in [5.41, 5.74) is 2.11. The van der Waals surface area contributed by atoms with Crippen LogP contribution >= 0.6 is 23.1 Å². The second kappa shape index (κ2) is 6.03. The number of nitrogens with zero attached hydrogens (tertiary/aromatic N) is 2. The lowest BCUT2D eigenvalue weighted by molar-refractivity contribution is 0.634. The topological polar surface area (TPSA) is 34.9 Å². The van der Waals surface area contributed by atoms with Gasteiger partial charge in [0.15, 0.2) is 5.16 Å². The molecule has 0 saturated carbocycles. The molecular formula is C16H16N2OS2. The summed E-state index contributed by atoms with van der Waals surface area (Å²) in [6, 6.07) is 12.2. The molecule has 1 aromatic carbocycles. The summed E-state index contributed by atoms with van der Waals surface area (Å²) in [6.45, 7) is 4.77. The van der Waals surface area contributed by atoms with Gasteiger partial charge in [-0.15, -0.1) is 11.3 Å². The van der Waals surface area contributed by atoms with Crippen molar-refractivity contribution in [1.29, 1.82) is 0 Å². The van der Waals surface area contributed by atoms with Crippen molar-refractivity contribution in [3.05, 3.63) is 57.7 Å². The van der Waals surface area contributed by atoms with Crippen molar-refractivity contribution in [2.45, 2.75) is 30.8 Å². The number of fused-ring (bicyclic) bond motifs is 1. The number of thiophene rings is 1. The normalized spacial score (nSPS) is 12.7. The van der Waals surface area contributed by atoms with E-state index in [-0.39, 0.29) is 10.8 Å². The van der Waals surface area contributed by atoms with Gasteiger partial charge in [-0.05, 0) is 30.9 Å². The molecule has 5 heteroatoms. The van der Waals surface area contributed by atoms with Gasteiger partial charge in [-0.2, -0.15) is 0 Å². The minimum atomic E-state index is 0.0697. The Morgan fingerprint density at radius 2 is 2.05 bits per heavy atom. The smallest absolute Gasteiger partial charge is 0.272 e. The molecular weight excluding hydrogens is 300 g/mol. The first kappa shape index (κ1) is 14.4. The molecule has 0 N–H and O–H groups in total. The lowest BCUT2D eigenvalue weighted by atomic mass is 10.2. The Morgan fingerprint density at radius 1 is 1.29 bits per heavy atom. The van der Waals surface area contributed by atoms with Gasteiger partial charge in [0.25, 0.3) is 5.56 Å². The van der Waals surface area contributed by atoms with E-state index in [1.54, 1.807) is 16.3 Å². The second-order valence-electron chi connectivity index (χ2n) is 4.75. The quantitative estimate of drug-likeness (QED) is 0.531. The van der Waals surface area contributed by atoms with Crippen LogP contribution in [-0.2, 0) is 6.54 Å². The third-order valence-corrected chi connectivity index (χ3v) is 5.44. The Kier molecular flexibility index (Phi) is 4.12. The number of aromatic nitrogens is 2. The third kappa shape index (κ3) is 2.76. The van der Waals surface area contributed by atoms with Crippen LogP contribution in [0.5, 0.6) is 0 Å². The van der Waals surface area contributed by atoms with Gasteiger partial charge in [0, 0.05) is 11.8 Å². The summed E-state index contributed by atoms with van der Waals surface area (Å²) in [5, 5.41) is 2.98. The molecule has 0 radical (unpaired) electrons. The van der Waals surface area contributed by atoms with E-state index in [2.05, 4.69) is 24.0 Å². The summed E-state index contributed by atoms with van der Waals surface area (Å²) < 4.78 is 2.51. The summed E-state index contributed by atoms with van der Waals surface area (Å²) in [6.07, 6.45) is 0. The van der Waals surface area contributed by atoms with Crippen LogP contribution in [0.2, 0.25) is 0 Å². The molecule has 2 aromatic heterocycles. The van der Waals surface area contributed by atoms with Crippen LogP contribution in [0, 0.1) is 0 Å². The molecule has 0 spiro atoms. The number of hydrogen-bond acceptors (Lipinski definition) is 4. The first-order chi connectivity index (χ1) is 10.2. The van der Waals surface area contributed by atoms with E-state index in [1.165, 1.54) is 16.9 Å². The monoisotopic (exact) mass is 316 g/mol. The van der Waals surface area contributed by atoms with Crippen LogP contribution in [-0.4, -0.2) is 9.55 Å². The molecule has 3 nitrogen and oxygen atoms in total. The van der Waals surface area contributed by atoms with Gasteiger partial charge in [-0.3, -0.25) is 9.36 Å². The van der Waals surface area contributed by atoms with Crippen LogP contribution in [0.4, 0.5) is 0 Å². The van der Waals surface area contributed by atoms with Crippen molar-refractivity contribution in [2.75, 3.05) is 0 Å². The Bertz CT molecular complexity index is 808. The molecule has 3 aromatic rings. The van der Waals surface area contributed by atoms with Gasteiger partial charge >= 0.3 is 0 Å². The van der Waals surface area contributed by atoms with E-state index >= 15 is 0 Å². The molecule has 0 aliphatic heterocycles. The Labute approximate surface area is 131 Å². The molecule has 0 aliphatic rings. The van der Waals surface area contributed by atoms with Crippen molar-refractivity contribution >= 4 is 33.3 Å². The predicted molar refractivity (Wildman–Crippen MR) is 90.3 cm³/mol. The molecule has 21 heavy (non-hydrogen) atoms. The van der Waals surface area contributed by atoms with Gasteiger partial charge in [0.05, 0.1) is 5.52 Å². The van der Waals surface area contributed by atoms with Gasteiger partial charge in [0.1, 0.15) is 4.70 Å². The molecule has 3 rings (SSSR count). The summed E-state index contributed by atoms with van der Waals surface area (Å²) in [7, 11) is 0. The van der Waals surface area contributed by atoms with Crippen molar-refractivity contribution in [3.8, 4) is 0 Å². The maximum Gasteiger partial charge on any atom is 0.272 e. The fraction of sp³-hybridized carbons (Fsp3) is 0.250. The zero-order valence-corrected chi connectivity index (χ0v) is 13.6. The number of thioether (sulfide) groups is 1. The molecule has 0 bridgehead atoms. The number of rotatable bonds is 4. The first-order valence-electron chi connectivity index (χ1n) is 6.90. The van der Waals surface area contributed by atoms with Gasteiger partial charge in [-0.25, -0.2) is 4.98 Å². The highest BCUT2D eigenvalue weighted by Crippen LogP contribution is 2.33.